The quantitative estimate of drug-likeness (QED) is 0.810. The highest BCUT2D eigenvalue weighted by atomic mass is 16.5. The summed E-state index contributed by atoms with van der Waals surface area (Å²) >= 11 is 0. The summed E-state index contributed by atoms with van der Waals surface area (Å²) in [4.78, 5) is 15.2. The van der Waals surface area contributed by atoms with Crippen molar-refractivity contribution < 1.29 is 14.6 Å². The third kappa shape index (κ3) is 1.54. The summed E-state index contributed by atoms with van der Waals surface area (Å²) in [7, 11) is 0. The summed E-state index contributed by atoms with van der Waals surface area (Å²) in [6.07, 6.45) is 3.82. The number of allylic oxidation sites excluding steroid dienone is 1. The largest absolute Gasteiger partial charge is 0.475 e. The molecule has 4 nitrogen and oxygen atoms in total. The van der Waals surface area contributed by atoms with Crippen molar-refractivity contribution in [2.24, 2.45) is 0 Å². The van der Waals surface area contributed by atoms with E-state index in [-0.39, 0.29) is 5.76 Å². The highest BCUT2D eigenvalue weighted by Gasteiger charge is 2.20. The van der Waals surface area contributed by atoms with Crippen LogP contribution in [0.5, 0.6) is 5.75 Å². The molecule has 0 aliphatic carbocycles. The van der Waals surface area contributed by atoms with Gasteiger partial charge in [0.1, 0.15) is 5.75 Å². The van der Waals surface area contributed by atoms with Gasteiger partial charge in [-0.1, -0.05) is 12.1 Å². The number of fused-ring (bicyclic) bond motifs is 3. The molecule has 2 heterocycles. The van der Waals surface area contributed by atoms with Crippen LogP contribution in [0.1, 0.15) is 5.56 Å². The number of hydrogen-bond acceptors (Lipinski definition) is 3. The van der Waals surface area contributed by atoms with Crippen LogP contribution in [-0.4, -0.2) is 16.1 Å². The van der Waals surface area contributed by atoms with Gasteiger partial charge in [0, 0.05) is 17.1 Å². The topological polar surface area (TPSA) is 59.4 Å². The van der Waals surface area contributed by atoms with Crippen molar-refractivity contribution in [2.75, 3.05) is 0 Å². The fourth-order valence-electron chi connectivity index (χ4n) is 1.91. The molecule has 0 radical (unpaired) electrons. The van der Waals surface area contributed by atoms with Gasteiger partial charge in [0.15, 0.2) is 0 Å². The van der Waals surface area contributed by atoms with E-state index in [1.807, 2.05) is 24.3 Å². The molecule has 17 heavy (non-hydrogen) atoms. The summed E-state index contributed by atoms with van der Waals surface area (Å²) in [6.45, 7) is 0. The number of para-hydroxylation sites is 1. The molecule has 0 atom stereocenters. The molecule has 1 N–H and O–H groups in total. The number of pyridine rings is 1. The van der Waals surface area contributed by atoms with Gasteiger partial charge in [0.2, 0.25) is 5.76 Å². The average Bonchev–Trinajstić information content (AvgIpc) is 2.38. The first kappa shape index (κ1) is 9.84. The Morgan fingerprint density at radius 3 is 3.00 bits per heavy atom. The van der Waals surface area contributed by atoms with Crippen LogP contribution in [0.25, 0.3) is 10.9 Å². The Hall–Kier alpha value is -2.36. The maximum Gasteiger partial charge on any atom is 0.371 e. The maximum absolute atomic E-state index is 10.9. The van der Waals surface area contributed by atoms with E-state index < -0.39 is 5.97 Å². The van der Waals surface area contributed by atoms with Crippen molar-refractivity contribution in [3.05, 3.63) is 47.9 Å². The highest BCUT2D eigenvalue weighted by molar-refractivity contribution is 5.90. The third-order valence-corrected chi connectivity index (χ3v) is 2.73. The van der Waals surface area contributed by atoms with E-state index in [4.69, 9.17) is 9.84 Å². The zero-order chi connectivity index (χ0) is 11.8. The predicted molar refractivity (Wildman–Crippen MR) is 61.8 cm³/mol. The second-order valence-electron chi connectivity index (χ2n) is 3.81. The number of ether oxygens (including phenoxy) is 1. The Morgan fingerprint density at radius 2 is 2.18 bits per heavy atom. The van der Waals surface area contributed by atoms with Crippen LogP contribution in [0.2, 0.25) is 0 Å². The van der Waals surface area contributed by atoms with Crippen LogP contribution in [0.15, 0.2) is 42.3 Å². The van der Waals surface area contributed by atoms with E-state index in [0.717, 1.165) is 16.5 Å². The van der Waals surface area contributed by atoms with Crippen molar-refractivity contribution in [3.8, 4) is 5.75 Å². The van der Waals surface area contributed by atoms with E-state index in [9.17, 15) is 4.79 Å². The average molecular weight is 227 g/mol. The molecule has 0 amide bonds. The zero-order valence-corrected chi connectivity index (χ0v) is 8.88. The van der Waals surface area contributed by atoms with Crippen molar-refractivity contribution in [1.82, 2.24) is 4.98 Å². The zero-order valence-electron chi connectivity index (χ0n) is 8.88. The standard InChI is InChI=1S/C13H9NO3/c15-13(16)11-6-5-8-7-14-10-4-2-1-3-9(10)12(8)17-11/h1-4,6-7H,5H2,(H,15,16). The van der Waals surface area contributed by atoms with Gasteiger partial charge in [-0.25, -0.2) is 4.79 Å². The number of carboxylic acid groups (broad SMARTS) is 1. The lowest BCUT2D eigenvalue weighted by Gasteiger charge is -2.17. The SMILES string of the molecule is O=C(O)C1=CCc2cnc3ccccc3c2O1. The number of hydrogen-bond donors (Lipinski definition) is 1. The van der Waals surface area contributed by atoms with Gasteiger partial charge >= 0.3 is 5.97 Å². The molecule has 0 fully saturated rings. The van der Waals surface area contributed by atoms with Crippen LogP contribution >= 0.6 is 0 Å². The monoisotopic (exact) mass is 227 g/mol. The summed E-state index contributed by atoms with van der Waals surface area (Å²) in [6, 6.07) is 7.52. The Bertz CT molecular complexity index is 646. The summed E-state index contributed by atoms with van der Waals surface area (Å²) < 4.78 is 5.43. The molecular weight excluding hydrogens is 218 g/mol. The molecule has 84 valence electrons. The molecule has 0 saturated carbocycles. The molecule has 1 aliphatic heterocycles. The predicted octanol–water partition coefficient (Wildman–Crippen LogP) is 2.14. The fraction of sp³-hybridized carbons (Fsp3) is 0.0769. The lowest BCUT2D eigenvalue weighted by molar-refractivity contribution is -0.135. The number of aliphatic carboxylic acids is 1. The number of nitrogens with zero attached hydrogens (tertiary/aromatic N) is 1. The lowest BCUT2D eigenvalue weighted by Crippen LogP contribution is -2.13. The van der Waals surface area contributed by atoms with Crippen molar-refractivity contribution >= 4 is 16.9 Å². The molecule has 2 aromatic rings. The molecule has 0 unspecified atom stereocenters. The van der Waals surface area contributed by atoms with Gasteiger partial charge in [-0.15, -0.1) is 0 Å². The number of carbonyl (C=O) groups is 1. The molecule has 1 aromatic carbocycles. The van der Waals surface area contributed by atoms with E-state index in [1.165, 1.54) is 0 Å². The first-order chi connectivity index (χ1) is 8.25. The minimum absolute atomic E-state index is 0.0196. The minimum Gasteiger partial charge on any atom is -0.475 e. The number of rotatable bonds is 1. The molecule has 1 aromatic heterocycles. The third-order valence-electron chi connectivity index (χ3n) is 2.73. The molecular formula is C13H9NO3. The van der Waals surface area contributed by atoms with Gasteiger partial charge in [-0.3, -0.25) is 4.98 Å². The molecule has 0 bridgehead atoms. The molecule has 0 saturated heterocycles. The smallest absolute Gasteiger partial charge is 0.371 e. The normalized spacial score (nSPS) is 13.8. The number of aromatic nitrogens is 1. The lowest BCUT2D eigenvalue weighted by atomic mass is 10.1. The first-order valence-corrected chi connectivity index (χ1v) is 5.23. The van der Waals surface area contributed by atoms with Crippen LogP contribution < -0.4 is 4.74 Å². The van der Waals surface area contributed by atoms with Gasteiger partial charge in [0.05, 0.1) is 5.52 Å². The van der Waals surface area contributed by atoms with Gasteiger partial charge in [0.25, 0.3) is 0 Å². The van der Waals surface area contributed by atoms with E-state index in [1.54, 1.807) is 12.3 Å². The van der Waals surface area contributed by atoms with Gasteiger partial charge in [-0.2, -0.15) is 0 Å². The van der Waals surface area contributed by atoms with Crippen molar-refractivity contribution in [3.63, 3.8) is 0 Å². The summed E-state index contributed by atoms with van der Waals surface area (Å²) in [5, 5.41) is 9.77. The first-order valence-electron chi connectivity index (χ1n) is 5.23. The van der Waals surface area contributed by atoms with E-state index >= 15 is 0 Å². The van der Waals surface area contributed by atoms with Crippen LogP contribution in [0.4, 0.5) is 0 Å². The number of carboxylic acids is 1. The minimum atomic E-state index is -1.04. The molecule has 1 aliphatic rings. The Kier molecular flexibility index (Phi) is 2.08. The van der Waals surface area contributed by atoms with Crippen molar-refractivity contribution in [2.45, 2.75) is 6.42 Å². The van der Waals surface area contributed by atoms with E-state index in [2.05, 4.69) is 4.98 Å². The van der Waals surface area contributed by atoms with Crippen molar-refractivity contribution in [1.29, 1.82) is 0 Å². The highest BCUT2D eigenvalue weighted by Crippen LogP contribution is 2.33. The van der Waals surface area contributed by atoms with Crippen LogP contribution in [0, 0.1) is 0 Å². The Morgan fingerprint density at radius 1 is 1.35 bits per heavy atom. The molecule has 0 spiro atoms. The van der Waals surface area contributed by atoms with E-state index in [0.29, 0.717) is 12.2 Å². The van der Waals surface area contributed by atoms with Gasteiger partial charge in [-0.05, 0) is 24.6 Å². The Labute approximate surface area is 97.2 Å². The summed E-state index contributed by atoms with van der Waals surface area (Å²) in [5.74, 6) is -0.458. The number of benzene rings is 1. The van der Waals surface area contributed by atoms with Crippen LogP contribution in [0.3, 0.4) is 0 Å². The molecule has 3 rings (SSSR count). The summed E-state index contributed by atoms with van der Waals surface area (Å²) in [5.41, 5.74) is 1.71. The second kappa shape index (κ2) is 3.59. The second-order valence-corrected chi connectivity index (χ2v) is 3.81. The van der Waals surface area contributed by atoms with Crippen LogP contribution in [-0.2, 0) is 11.2 Å². The maximum atomic E-state index is 10.9. The molecule has 4 heteroatoms. The Balaban J connectivity index is 2.19. The fourth-order valence-corrected chi connectivity index (χ4v) is 1.91. The van der Waals surface area contributed by atoms with Gasteiger partial charge < -0.3 is 9.84 Å².